The first-order chi connectivity index (χ1) is 14.2. The van der Waals surface area contributed by atoms with Crippen LogP contribution < -0.4 is 0 Å². The molecule has 1 heterocycles. The Morgan fingerprint density at radius 1 is 1.13 bits per heavy atom. The van der Waals surface area contributed by atoms with E-state index in [4.69, 9.17) is 9.57 Å². The van der Waals surface area contributed by atoms with Gasteiger partial charge < -0.3 is 14.7 Å². The average molecular weight is 420 g/mol. The number of ether oxygens (including phenoxy) is 1. The van der Waals surface area contributed by atoms with Crippen molar-refractivity contribution >= 4 is 5.97 Å². The zero-order valence-electron chi connectivity index (χ0n) is 18.0. The predicted molar refractivity (Wildman–Crippen MR) is 108 cm³/mol. The van der Waals surface area contributed by atoms with Crippen molar-refractivity contribution in [3.8, 4) is 0 Å². The zero-order valence-corrected chi connectivity index (χ0v) is 18.0. The van der Waals surface area contributed by atoms with Crippen molar-refractivity contribution in [2.45, 2.75) is 83.3 Å². The van der Waals surface area contributed by atoms with Gasteiger partial charge in [-0.05, 0) is 92.4 Å². The van der Waals surface area contributed by atoms with Gasteiger partial charge in [-0.1, -0.05) is 13.8 Å². The van der Waals surface area contributed by atoms with Crippen molar-refractivity contribution in [3.63, 3.8) is 0 Å². The molecule has 0 aromatic heterocycles. The number of esters is 1. The maximum Gasteiger partial charge on any atom is 0.331 e. The second kappa shape index (κ2) is 6.68. The summed E-state index contributed by atoms with van der Waals surface area (Å²) in [5.41, 5.74) is 0.243. The molecule has 1 N–H and O–H groups in total. The minimum Gasteiger partial charge on any atom is -0.458 e. The van der Waals surface area contributed by atoms with E-state index in [-0.39, 0.29) is 34.7 Å². The van der Waals surface area contributed by atoms with Crippen LogP contribution in [0.3, 0.4) is 0 Å². The molecule has 30 heavy (non-hydrogen) atoms. The minimum absolute atomic E-state index is 0.111. The molecule has 166 valence electrons. The lowest BCUT2D eigenvalue weighted by atomic mass is 9.43. The summed E-state index contributed by atoms with van der Waals surface area (Å²) in [4.78, 5) is 27.4. The SMILES string of the molecule is C[C@]12CC[C@@H](O[N+](=O)[O-])C[C@@H]1CC[C@@H]1[C@@H]2CC[C@]2(C)[C@@H](C3=CC(=O)OC3)CC[C@@]12O. The third-order valence-corrected chi connectivity index (χ3v) is 10.2. The lowest BCUT2D eigenvalue weighted by molar-refractivity contribution is -0.770. The molecule has 5 aliphatic rings. The normalized spacial score (nSPS) is 50.0. The Hall–Kier alpha value is -1.63. The number of hydrogen-bond acceptors (Lipinski definition) is 6. The molecule has 0 unspecified atom stereocenters. The predicted octanol–water partition coefficient (Wildman–Crippen LogP) is 3.82. The van der Waals surface area contributed by atoms with Crippen LogP contribution in [0, 0.1) is 44.6 Å². The molecule has 0 saturated heterocycles. The summed E-state index contributed by atoms with van der Waals surface area (Å²) in [5.74, 6) is 1.09. The van der Waals surface area contributed by atoms with Gasteiger partial charge in [-0.15, -0.1) is 10.1 Å². The van der Waals surface area contributed by atoms with Crippen LogP contribution in [0.4, 0.5) is 0 Å². The van der Waals surface area contributed by atoms with Crippen LogP contribution >= 0.6 is 0 Å². The number of aliphatic hydroxyl groups is 1. The molecule has 4 fully saturated rings. The second-order valence-electron chi connectivity index (χ2n) is 11.0. The van der Waals surface area contributed by atoms with Gasteiger partial charge in [0.1, 0.15) is 12.7 Å². The first-order valence-electron chi connectivity index (χ1n) is 11.6. The molecule has 5 rings (SSSR count). The van der Waals surface area contributed by atoms with Crippen LogP contribution in [-0.4, -0.2) is 34.5 Å². The number of fused-ring (bicyclic) bond motifs is 5. The Bertz CT molecular complexity index is 797. The first kappa shape index (κ1) is 20.3. The van der Waals surface area contributed by atoms with Crippen LogP contribution in [0.2, 0.25) is 0 Å². The zero-order chi connectivity index (χ0) is 21.3. The smallest absolute Gasteiger partial charge is 0.331 e. The fourth-order valence-corrected chi connectivity index (χ4v) is 8.59. The van der Waals surface area contributed by atoms with Gasteiger partial charge in [0, 0.05) is 11.5 Å². The summed E-state index contributed by atoms with van der Waals surface area (Å²) >= 11 is 0. The van der Waals surface area contributed by atoms with E-state index < -0.39 is 10.7 Å². The van der Waals surface area contributed by atoms with Crippen molar-refractivity contribution in [3.05, 3.63) is 21.8 Å². The van der Waals surface area contributed by atoms with E-state index in [0.717, 1.165) is 63.4 Å². The maximum absolute atomic E-state index is 12.2. The molecule has 0 radical (unpaired) electrons. The van der Waals surface area contributed by atoms with Crippen LogP contribution in [0.1, 0.15) is 71.6 Å². The lowest BCUT2D eigenvalue weighted by Gasteiger charge is -2.63. The van der Waals surface area contributed by atoms with E-state index in [1.54, 1.807) is 6.08 Å². The van der Waals surface area contributed by atoms with Crippen molar-refractivity contribution in [1.29, 1.82) is 0 Å². The van der Waals surface area contributed by atoms with Gasteiger partial charge >= 0.3 is 5.97 Å². The molecular formula is C23H33NO6. The van der Waals surface area contributed by atoms with Gasteiger partial charge in [0.05, 0.1) is 5.60 Å². The Balaban J connectivity index is 1.40. The molecule has 1 aliphatic heterocycles. The van der Waals surface area contributed by atoms with Gasteiger partial charge in [-0.3, -0.25) is 0 Å². The van der Waals surface area contributed by atoms with Gasteiger partial charge in [0.25, 0.3) is 5.09 Å². The standard InChI is InChI=1S/C23H33NO6/c1-21-8-5-16(30-24(27)28)12-15(21)3-4-19-18(21)6-9-22(2)17(7-10-23(19,22)26)14-11-20(25)29-13-14/h11,15-19,26H,3-10,12-13H2,1-2H3/t15-,16+,17+,18-,19+,21-,22+,23+/m0/s1. The average Bonchev–Trinajstić information content (AvgIpc) is 3.22. The molecule has 4 aliphatic carbocycles. The number of carbonyl (C=O) groups is 1. The molecule has 7 nitrogen and oxygen atoms in total. The Morgan fingerprint density at radius 3 is 2.63 bits per heavy atom. The molecule has 0 spiro atoms. The Labute approximate surface area is 177 Å². The molecule has 7 heteroatoms. The van der Waals surface area contributed by atoms with E-state index in [1.165, 1.54) is 0 Å². The maximum atomic E-state index is 12.2. The second-order valence-corrected chi connectivity index (χ2v) is 11.0. The summed E-state index contributed by atoms with van der Waals surface area (Å²) < 4.78 is 5.19. The van der Waals surface area contributed by atoms with Crippen LogP contribution in [0.5, 0.6) is 0 Å². The number of nitrogens with zero attached hydrogens (tertiary/aromatic N) is 1. The number of rotatable bonds is 3. The molecular weight excluding hydrogens is 386 g/mol. The van der Waals surface area contributed by atoms with Crippen molar-refractivity contribution < 1.29 is 24.6 Å². The third kappa shape index (κ3) is 2.69. The van der Waals surface area contributed by atoms with Crippen LogP contribution in [0.15, 0.2) is 11.6 Å². The van der Waals surface area contributed by atoms with Gasteiger partial charge in [-0.2, -0.15) is 0 Å². The molecule has 8 atom stereocenters. The minimum atomic E-state index is -0.713. The van der Waals surface area contributed by atoms with E-state index in [9.17, 15) is 20.0 Å². The first-order valence-corrected chi connectivity index (χ1v) is 11.6. The van der Waals surface area contributed by atoms with Gasteiger partial charge in [0.15, 0.2) is 0 Å². The Morgan fingerprint density at radius 2 is 1.93 bits per heavy atom. The lowest BCUT2D eigenvalue weighted by Crippen LogP contribution is -2.62. The van der Waals surface area contributed by atoms with E-state index in [2.05, 4.69) is 13.8 Å². The number of cyclic esters (lactones) is 1. The quantitative estimate of drug-likeness (QED) is 0.424. The molecule has 0 aromatic rings. The highest BCUT2D eigenvalue weighted by atomic mass is 17.0. The highest BCUT2D eigenvalue weighted by Gasteiger charge is 2.67. The summed E-state index contributed by atoms with van der Waals surface area (Å²) in [5, 5.41) is 22.3. The fourth-order valence-electron chi connectivity index (χ4n) is 8.59. The monoisotopic (exact) mass is 419 g/mol. The molecule has 0 amide bonds. The summed E-state index contributed by atoms with van der Waals surface area (Å²) in [7, 11) is 0. The molecule has 4 saturated carbocycles. The molecule has 0 aromatic carbocycles. The van der Waals surface area contributed by atoms with Crippen molar-refractivity contribution in [2.24, 2.45) is 34.5 Å². The van der Waals surface area contributed by atoms with E-state index >= 15 is 0 Å². The molecule has 0 bridgehead atoms. The highest BCUT2D eigenvalue weighted by molar-refractivity contribution is 5.85. The topological polar surface area (TPSA) is 98.9 Å². The van der Waals surface area contributed by atoms with Gasteiger partial charge in [-0.25, -0.2) is 4.79 Å². The van der Waals surface area contributed by atoms with E-state index in [1.807, 2.05) is 0 Å². The van der Waals surface area contributed by atoms with Crippen LogP contribution in [0.25, 0.3) is 0 Å². The third-order valence-electron chi connectivity index (χ3n) is 10.2. The summed E-state index contributed by atoms with van der Waals surface area (Å²) in [6.07, 6.45) is 9.50. The van der Waals surface area contributed by atoms with E-state index in [0.29, 0.717) is 18.4 Å². The Kier molecular flexibility index (Phi) is 4.52. The van der Waals surface area contributed by atoms with Gasteiger partial charge in [0.2, 0.25) is 0 Å². The highest BCUT2D eigenvalue weighted by Crippen LogP contribution is 2.69. The largest absolute Gasteiger partial charge is 0.458 e. The summed E-state index contributed by atoms with van der Waals surface area (Å²) in [6, 6.07) is 0. The number of carbonyl (C=O) groups excluding carboxylic acids is 1. The van der Waals surface area contributed by atoms with Crippen molar-refractivity contribution in [1.82, 2.24) is 0 Å². The number of hydrogen-bond donors (Lipinski definition) is 1. The van der Waals surface area contributed by atoms with Crippen molar-refractivity contribution in [2.75, 3.05) is 6.61 Å². The fraction of sp³-hybridized carbons (Fsp3) is 0.870. The summed E-state index contributed by atoms with van der Waals surface area (Å²) in [6.45, 7) is 4.98. The van der Waals surface area contributed by atoms with Crippen LogP contribution in [-0.2, 0) is 14.4 Å².